The Kier molecular flexibility index (Phi) is 3.16. The molecule has 20 heavy (non-hydrogen) atoms. The minimum absolute atomic E-state index is 0.00506. The van der Waals surface area contributed by atoms with Crippen LogP contribution in [-0.4, -0.2) is 16.0 Å². The molecule has 0 radical (unpaired) electrons. The summed E-state index contributed by atoms with van der Waals surface area (Å²) in [7, 11) is 0. The molecule has 0 bridgehead atoms. The third-order valence-corrected chi connectivity index (χ3v) is 4.16. The monoisotopic (exact) mass is 308 g/mol. The number of aromatic hydroxyl groups is 2. The third kappa shape index (κ3) is 2.15. The summed E-state index contributed by atoms with van der Waals surface area (Å²) in [5.74, 6) is -0.893. The maximum absolute atomic E-state index is 12.1. The van der Waals surface area contributed by atoms with Crippen molar-refractivity contribution in [3.8, 4) is 17.2 Å². The molecule has 6 heteroatoms. The average Bonchev–Trinajstić information content (AvgIpc) is 2.97. The van der Waals surface area contributed by atoms with Gasteiger partial charge in [-0.15, -0.1) is 11.3 Å². The van der Waals surface area contributed by atoms with E-state index in [1.165, 1.54) is 23.5 Å². The van der Waals surface area contributed by atoms with Gasteiger partial charge in [-0.3, -0.25) is 4.79 Å². The number of fused-ring (bicyclic) bond motifs is 1. The van der Waals surface area contributed by atoms with Crippen LogP contribution in [0.3, 0.4) is 0 Å². The summed E-state index contributed by atoms with van der Waals surface area (Å²) in [5, 5.41) is 19.1. The molecule has 1 aliphatic heterocycles. The molecule has 2 N–H and O–H groups in total. The number of phenolic OH excluding ortho intramolecular Hbond substituents is 2. The van der Waals surface area contributed by atoms with Gasteiger partial charge in [0.15, 0.2) is 17.3 Å². The number of phenols is 2. The second kappa shape index (κ2) is 4.85. The molecule has 2 heterocycles. The molecular formula is C14H9ClO4S. The molecule has 0 fully saturated rings. The van der Waals surface area contributed by atoms with Crippen molar-refractivity contribution in [2.75, 3.05) is 0 Å². The van der Waals surface area contributed by atoms with E-state index in [4.69, 9.17) is 16.3 Å². The van der Waals surface area contributed by atoms with Crippen LogP contribution in [0, 0.1) is 0 Å². The lowest BCUT2D eigenvalue weighted by atomic mass is 10.1. The summed E-state index contributed by atoms with van der Waals surface area (Å²) >= 11 is 7.26. The summed E-state index contributed by atoms with van der Waals surface area (Å²) in [6.07, 6.45) is 2.15. The fourth-order valence-electron chi connectivity index (χ4n) is 1.92. The smallest absolute Gasteiger partial charge is 0.231 e. The number of thiophene rings is 1. The standard InChI is InChI=1S/C14H9ClO4S/c15-11-6-2-7(20-11)1-5-10-12(17)8-3-4-9(16)13(18)14(8)19-10/h2-6,16,18H,1H2. The summed E-state index contributed by atoms with van der Waals surface area (Å²) in [5.41, 5.74) is 0.246. The number of Topliss-reactive ketones (excluding diaryl/α,β-unsaturated/α-hetero) is 1. The Labute approximate surface area is 123 Å². The summed E-state index contributed by atoms with van der Waals surface area (Å²) in [6, 6.07) is 6.35. The lowest BCUT2D eigenvalue weighted by Crippen LogP contribution is -1.98. The van der Waals surface area contributed by atoms with Crippen LogP contribution < -0.4 is 4.74 Å². The van der Waals surface area contributed by atoms with Gasteiger partial charge >= 0.3 is 0 Å². The molecule has 2 aromatic rings. The second-order valence-electron chi connectivity index (χ2n) is 4.22. The van der Waals surface area contributed by atoms with Gasteiger partial charge in [-0.25, -0.2) is 0 Å². The zero-order valence-corrected chi connectivity index (χ0v) is 11.7. The molecule has 0 atom stereocenters. The van der Waals surface area contributed by atoms with E-state index in [2.05, 4.69) is 0 Å². The van der Waals surface area contributed by atoms with Gasteiger partial charge in [0.2, 0.25) is 11.5 Å². The highest BCUT2D eigenvalue weighted by Crippen LogP contribution is 2.43. The Balaban J connectivity index is 1.88. The van der Waals surface area contributed by atoms with E-state index in [1.807, 2.05) is 6.07 Å². The predicted octanol–water partition coefficient (Wildman–Crippen LogP) is 3.51. The van der Waals surface area contributed by atoms with E-state index in [-0.39, 0.29) is 28.6 Å². The SMILES string of the molecule is O=C1C(=CCc2ccc(Cl)s2)Oc2c1ccc(O)c2O. The maximum atomic E-state index is 12.1. The number of hydrogen-bond acceptors (Lipinski definition) is 5. The van der Waals surface area contributed by atoms with E-state index in [0.29, 0.717) is 10.8 Å². The molecule has 0 saturated carbocycles. The van der Waals surface area contributed by atoms with Crippen LogP contribution in [0.25, 0.3) is 0 Å². The van der Waals surface area contributed by atoms with Crippen LogP contribution in [0.5, 0.6) is 17.2 Å². The molecule has 0 aliphatic carbocycles. The van der Waals surface area contributed by atoms with E-state index >= 15 is 0 Å². The van der Waals surface area contributed by atoms with Gasteiger partial charge in [-0.2, -0.15) is 0 Å². The maximum Gasteiger partial charge on any atom is 0.231 e. The molecule has 102 valence electrons. The first kappa shape index (κ1) is 13.0. The molecule has 1 aromatic carbocycles. The predicted molar refractivity (Wildman–Crippen MR) is 75.8 cm³/mol. The first-order valence-electron chi connectivity index (χ1n) is 5.78. The summed E-state index contributed by atoms with van der Waals surface area (Å²) < 4.78 is 6.02. The Morgan fingerprint density at radius 3 is 2.75 bits per heavy atom. The van der Waals surface area contributed by atoms with Gasteiger partial charge in [0.25, 0.3) is 0 Å². The topological polar surface area (TPSA) is 66.8 Å². The molecular weight excluding hydrogens is 300 g/mol. The lowest BCUT2D eigenvalue weighted by Gasteiger charge is -2.02. The Morgan fingerprint density at radius 1 is 1.25 bits per heavy atom. The van der Waals surface area contributed by atoms with Crippen molar-refractivity contribution in [1.29, 1.82) is 0 Å². The Bertz CT molecular complexity index is 733. The number of halogens is 1. The van der Waals surface area contributed by atoms with Crippen molar-refractivity contribution in [2.45, 2.75) is 6.42 Å². The average molecular weight is 309 g/mol. The number of allylic oxidation sites excluding steroid dienone is 2. The Morgan fingerprint density at radius 2 is 2.05 bits per heavy atom. The highest BCUT2D eigenvalue weighted by Gasteiger charge is 2.31. The van der Waals surface area contributed by atoms with Gasteiger partial charge in [0, 0.05) is 11.3 Å². The molecule has 1 aromatic heterocycles. The summed E-state index contributed by atoms with van der Waals surface area (Å²) in [6.45, 7) is 0. The van der Waals surface area contributed by atoms with E-state index in [0.717, 1.165) is 4.88 Å². The van der Waals surface area contributed by atoms with Gasteiger partial charge < -0.3 is 14.9 Å². The Hall–Kier alpha value is -1.98. The van der Waals surface area contributed by atoms with Crippen molar-refractivity contribution in [3.05, 3.63) is 50.9 Å². The molecule has 3 rings (SSSR count). The number of ether oxygens (including phenoxy) is 1. The van der Waals surface area contributed by atoms with E-state index in [9.17, 15) is 15.0 Å². The van der Waals surface area contributed by atoms with Crippen molar-refractivity contribution >= 4 is 28.7 Å². The van der Waals surface area contributed by atoms with Crippen molar-refractivity contribution < 1.29 is 19.7 Å². The normalized spacial score (nSPS) is 15.4. The second-order valence-corrected chi connectivity index (χ2v) is 6.02. The quantitative estimate of drug-likeness (QED) is 0.658. The molecule has 0 spiro atoms. The fourth-order valence-corrected chi connectivity index (χ4v) is 2.97. The minimum atomic E-state index is -0.418. The molecule has 0 unspecified atom stereocenters. The fraction of sp³-hybridized carbons (Fsp3) is 0.0714. The number of ketones is 1. The van der Waals surface area contributed by atoms with Crippen LogP contribution in [0.2, 0.25) is 4.34 Å². The highest BCUT2D eigenvalue weighted by molar-refractivity contribution is 7.16. The summed E-state index contributed by atoms with van der Waals surface area (Å²) in [4.78, 5) is 13.1. The lowest BCUT2D eigenvalue weighted by molar-refractivity contribution is 0.101. The first-order chi connectivity index (χ1) is 9.56. The van der Waals surface area contributed by atoms with Crippen LogP contribution in [-0.2, 0) is 6.42 Å². The molecule has 4 nitrogen and oxygen atoms in total. The van der Waals surface area contributed by atoms with E-state index in [1.54, 1.807) is 12.1 Å². The highest BCUT2D eigenvalue weighted by atomic mass is 35.5. The zero-order chi connectivity index (χ0) is 14.3. The van der Waals surface area contributed by atoms with Crippen LogP contribution >= 0.6 is 22.9 Å². The van der Waals surface area contributed by atoms with Crippen LogP contribution in [0.1, 0.15) is 15.2 Å². The zero-order valence-electron chi connectivity index (χ0n) is 10.1. The van der Waals surface area contributed by atoms with Crippen LogP contribution in [0.4, 0.5) is 0 Å². The molecule has 1 aliphatic rings. The van der Waals surface area contributed by atoms with E-state index < -0.39 is 5.75 Å². The number of carbonyl (C=O) groups excluding carboxylic acids is 1. The van der Waals surface area contributed by atoms with Crippen molar-refractivity contribution in [2.24, 2.45) is 0 Å². The van der Waals surface area contributed by atoms with Gasteiger partial charge in [0.1, 0.15) is 0 Å². The largest absolute Gasteiger partial charge is 0.504 e. The molecule has 0 amide bonds. The molecule has 0 saturated heterocycles. The first-order valence-corrected chi connectivity index (χ1v) is 6.97. The number of rotatable bonds is 2. The minimum Gasteiger partial charge on any atom is -0.504 e. The third-order valence-electron chi connectivity index (χ3n) is 2.91. The number of benzene rings is 1. The van der Waals surface area contributed by atoms with Gasteiger partial charge in [-0.05, 0) is 30.3 Å². The van der Waals surface area contributed by atoms with Crippen molar-refractivity contribution in [3.63, 3.8) is 0 Å². The number of hydrogen-bond donors (Lipinski definition) is 2. The van der Waals surface area contributed by atoms with Gasteiger partial charge in [-0.1, -0.05) is 11.6 Å². The van der Waals surface area contributed by atoms with Gasteiger partial charge in [0.05, 0.1) is 9.90 Å². The van der Waals surface area contributed by atoms with Crippen LogP contribution in [0.15, 0.2) is 36.1 Å². The van der Waals surface area contributed by atoms with Crippen molar-refractivity contribution in [1.82, 2.24) is 0 Å². The number of carbonyl (C=O) groups is 1.